The highest BCUT2D eigenvalue weighted by Gasteiger charge is 2.38. The predicted molar refractivity (Wildman–Crippen MR) is 80.1 cm³/mol. The van der Waals surface area contributed by atoms with Crippen LogP contribution in [0.1, 0.15) is 39.5 Å². The topological polar surface area (TPSA) is 27.7 Å². The van der Waals surface area contributed by atoms with Gasteiger partial charge in [-0.3, -0.25) is 0 Å². The summed E-state index contributed by atoms with van der Waals surface area (Å²) >= 11 is 0. The molecule has 0 aromatic carbocycles. The van der Waals surface area contributed by atoms with E-state index >= 15 is 0 Å². The maximum atomic E-state index is 5.47. The first-order valence-electron chi connectivity index (χ1n) is 7.55. The molecule has 1 fully saturated rings. The minimum absolute atomic E-state index is 0.747. The van der Waals surface area contributed by atoms with E-state index in [-0.39, 0.29) is 0 Å². The summed E-state index contributed by atoms with van der Waals surface area (Å²) < 4.78 is 17.7. The summed E-state index contributed by atoms with van der Waals surface area (Å²) in [5.41, 5.74) is 0. The Bertz CT molecular complexity index is 243. The summed E-state index contributed by atoms with van der Waals surface area (Å²) in [5.74, 6) is 0. The molecule has 1 aliphatic rings. The van der Waals surface area contributed by atoms with Crippen LogP contribution in [0, 0.1) is 0 Å². The molecule has 0 N–H and O–H groups in total. The number of rotatable bonds is 9. The van der Waals surface area contributed by atoms with Crippen molar-refractivity contribution in [3.63, 3.8) is 0 Å². The summed E-state index contributed by atoms with van der Waals surface area (Å²) in [7, 11) is 2.74. The van der Waals surface area contributed by atoms with Crippen LogP contribution in [-0.4, -0.2) is 60.3 Å². The van der Waals surface area contributed by atoms with Crippen molar-refractivity contribution in [3.05, 3.63) is 0 Å². The molecule has 1 rings (SSSR count). The predicted octanol–water partition coefficient (Wildman–Crippen LogP) is 2.66. The molecule has 0 amide bonds. The van der Waals surface area contributed by atoms with Gasteiger partial charge in [0, 0.05) is 40.2 Å². The molecule has 0 aromatic heterocycles. The normalized spacial score (nSPS) is 19.3. The lowest BCUT2D eigenvalue weighted by atomic mass is 10.2. The molecule has 1 saturated heterocycles. The molecule has 0 saturated carbocycles. The van der Waals surface area contributed by atoms with Crippen molar-refractivity contribution in [1.82, 2.24) is 0 Å². The SMILES string of the molecule is CO[Si](CCCC[N+]1(C(C)C)CCCC1)(OC)OC. The molecule has 1 aliphatic heterocycles. The first kappa shape index (κ1) is 17.1. The monoisotopic (exact) mass is 290 g/mol. The fraction of sp³-hybridized carbons (Fsp3) is 1.00. The van der Waals surface area contributed by atoms with E-state index in [0.717, 1.165) is 18.5 Å². The molecular formula is C14H32NO3Si+. The van der Waals surface area contributed by atoms with Crippen LogP contribution < -0.4 is 0 Å². The highest BCUT2D eigenvalue weighted by atomic mass is 28.4. The summed E-state index contributed by atoms with van der Waals surface area (Å²) in [6, 6.07) is 1.67. The molecule has 1 heterocycles. The standard InChI is InChI=1S/C14H32NO3Si/c1-14(2)15(10-6-7-11-15)12-8-9-13-19(16-3,17-4)18-5/h14H,6-13H2,1-5H3/q+1. The van der Waals surface area contributed by atoms with Crippen molar-refractivity contribution in [2.24, 2.45) is 0 Å². The van der Waals surface area contributed by atoms with Gasteiger partial charge in [0.2, 0.25) is 0 Å². The van der Waals surface area contributed by atoms with Crippen LogP contribution in [0.2, 0.25) is 6.04 Å². The Hall–Kier alpha value is 0.0569. The van der Waals surface area contributed by atoms with Gasteiger partial charge < -0.3 is 17.8 Å². The Morgan fingerprint density at radius 2 is 1.47 bits per heavy atom. The fourth-order valence-electron chi connectivity index (χ4n) is 3.29. The van der Waals surface area contributed by atoms with Crippen LogP contribution in [0.4, 0.5) is 0 Å². The molecule has 0 aliphatic carbocycles. The van der Waals surface area contributed by atoms with Crippen molar-refractivity contribution < 1.29 is 17.8 Å². The van der Waals surface area contributed by atoms with Crippen LogP contribution in [0.15, 0.2) is 0 Å². The first-order chi connectivity index (χ1) is 9.04. The molecule has 0 bridgehead atoms. The van der Waals surface area contributed by atoms with E-state index in [0.29, 0.717) is 0 Å². The largest absolute Gasteiger partial charge is 0.500 e. The van der Waals surface area contributed by atoms with Gasteiger partial charge in [0.15, 0.2) is 0 Å². The lowest BCUT2D eigenvalue weighted by Crippen LogP contribution is -2.51. The van der Waals surface area contributed by atoms with Crippen LogP contribution in [0.5, 0.6) is 0 Å². The summed E-state index contributed by atoms with van der Waals surface area (Å²) in [6.45, 7) is 8.74. The maximum absolute atomic E-state index is 5.47. The minimum atomic E-state index is -2.35. The third-order valence-corrected chi connectivity index (χ3v) is 7.65. The van der Waals surface area contributed by atoms with Gasteiger partial charge >= 0.3 is 8.80 Å². The lowest BCUT2D eigenvalue weighted by molar-refractivity contribution is -0.936. The molecule has 114 valence electrons. The average molecular weight is 290 g/mol. The van der Waals surface area contributed by atoms with Crippen molar-refractivity contribution in [1.29, 1.82) is 0 Å². The fourth-order valence-corrected chi connectivity index (χ4v) is 5.08. The second kappa shape index (κ2) is 7.74. The number of nitrogens with zero attached hydrogens (tertiary/aromatic N) is 1. The zero-order valence-corrected chi connectivity index (χ0v) is 14.4. The van der Waals surface area contributed by atoms with E-state index in [9.17, 15) is 0 Å². The molecule has 0 atom stereocenters. The van der Waals surface area contributed by atoms with Crippen molar-refractivity contribution >= 4 is 8.80 Å². The summed E-state index contributed by atoms with van der Waals surface area (Å²) in [4.78, 5) is 0. The van der Waals surface area contributed by atoms with Gasteiger partial charge in [0.25, 0.3) is 0 Å². The number of likely N-dealkylation sites (tertiary alicyclic amines) is 1. The number of hydrogen-bond donors (Lipinski definition) is 0. The minimum Gasteiger partial charge on any atom is -0.377 e. The molecule has 0 radical (unpaired) electrons. The number of quaternary nitrogens is 1. The van der Waals surface area contributed by atoms with Crippen LogP contribution in [0.3, 0.4) is 0 Å². The quantitative estimate of drug-likeness (QED) is 0.371. The molecule has 5 heteroatoms. The number of unbranched alkanes of at least 4 members (excludes halogenated alkanes) is 1. The summed E-state index contributed by atoms with van der Waals surface area (Å²) in [5, 5.41) is 0. The Kier molecular flexibility index (Phi) is 6.97. The van der Waals surface area contributed by atoms with Crippen LogP contribution >= 0.6 is 0 Å². The smallest absolute Gasteiger partial charge is 0.377 e. The molecule has 0 spiro atoms. The van der Waals surface area contributed by atoms with E-state index in [1.807, 2.05) is 0 Å². The molecular weight excluding hydrogens is 258 g/mol. The van der Waals surface area contributed by atoms with Crippen molar-refractivity contribution in [2.75, 3.05) is 41.0 Å². The van der Waals surface area contributed by atoms with Gasteiger partial charge in [-0.05, 0) is 26.7 Å². The van der Waals surface area contributed by atoms with E-state index < -0.39 is 8.80 Å². The first-order valence-corrected chi connectivity index (χ1v) is 9.48. The Morgan fingerprint density at radius 3 is 1.89 bits per heavy atom. The van der Waals surface area contributed by atoms with Gasteiger partial charge in [-0.25, -0.2) is 0 Å². The lowest BCUT2D eigenvalue weighted by Gasteiger charge is -2.38. The van der Waals surface area contributed by atoms with E-state index in [1.165, 1.54) is 43.4 Å². The third-order valence-electron chi connectivity index (χ3n) is 4.82. The van der Waals surface area contributed by atoms with Gasteiger partial charge in [-0.1, -0.05) is 0 Å². The molecule has 4 nitrogen and oxygen atoms in total. The Balaban J connectivity index is 2.37. The average Bonchev–Trinajstić information content (AvgIpc) is 2.90. The molecule has 0 aromatic rings. The second-order valence-electron chi connectivity index (χ2n) is 5.94. The van der Waals surface area contributed by atoms with Gasteiger partial charge in [-0.2, -0.15) is 0 Å². The highest BCUT2D eigenvalue weighted by Crippen LogP contribution is 2.25. The maximum Gasteiger partial charge on any atom is 0.500 e. The summed E-state index contributed by atoms with van der Waals surface area (Å²) in [6.07, 6.45) is 5.16. The van der Waals surface area contributed by atoms with Gasteiger partial charge in [0.05, 0.1) is 25.7 Å². The number of hydrogen-bond acceptors (Lipinski definition) is 3. The zero-order chi connectivity index (χ0) is 14.4. The van der Waals surface area contributed by atoms with Crippen LogP contribution in [0.25, 0.3) is 0 Å². The van der Waals surface area contributed by atoms with Gasteiger partial charge in [-0.15, -0.1) is 0 Å². The Labute approximate surface area is 120 Å². The third kappa shape index (κ3) is 4.26. The van der Waals surface area contributed by atoms with Crippen molar-refractivity contribution in [2.45, 2.75) is 51.6 Å². The second-order valence-corrected chi connectivity index (χ2v) is 9.03. The van der Waals surface area contributed by atoms with Crippen molar-refractivity contribution in [3.8, 4) is 0 Å². The molecule has 0 unspecified atom stereocenters. The van der Waals surface area contributed by atoms with Gasteiger partial charge in [0.1, 0.15) is 0 Å². The van der Waals surface area contributed by atoms with E-state index in [1.54, 1.807) is 21.3 Å². The Morgan fingerprint density at radius 1 is 0.947 bits per heavy atom. The van der Waals surface area contributed by atoms with E-state index in [2.05, 4.69) is 13.8 Å². The van der Waals surface area contributed by atoms with E-state index in [4.69, 9.17) is 13.3 Å². The highest BCUT2D eigenvalue weighted by molar-refractivity contribution is 6.60. The zero-order valence-electron chi connectivity index (χ0n) is 13.4. The molecule has 19 heavy (non-hydrogen) atoms. The van der Waals surface area contributed by atoms with Crippen LogP contribution in [-0.2, 0) is 13.3 Å².